The van der Waals surface area contributed by atoms with E-state index in [-0.39, 0.29) is 12.5 Å². The lowest BCUT2D eigenvalue weighted by molar-refractivity contribution is -0.161. The number of aromatic nitrogens is 1. The molecule has 2 fully saturated rings. The first-order chi connectivity index (χ1) is 28.3. The van der Waals surface area contributed by atoms with Crippen LogP contribution in [0.5, 0.6) is 0 Å². The molecule has 1 unspecified atom stereocenters. The van der Waals surface area contributed by atoms with E-state index >= 15 is 0 Å². The molecule has 0 bridgehead atoms. The number of carbonyl (C=O) groups excluding carboxylic acids is 3. The van der Waals surface area contributed by atoms with E-state index in [1.54, 1.807) is 19.2 Å². The van der Waals surface area contributed by atoms with E-state index in [0.717, 1.165) is 33.4 Å². The molecule has 290 valence electrons. The Morgan fingerprint density at radius 1 is 0.810 bits per heavy atom. The maximum Gasteiger partial charge on any atom is 0.404 e. The van der Waals surface area contributed by atoms with Crippen molar-refractivity contribution >= 4 is 35.8 Å². The van der Waals surface area contributed by atoms with Gasteiger partial charge in [0.25, 0.3) is 5.91 Å². The van der Waals surface area contributed by atoms with Crippen LogP contribution in [0, 0.1) is 0 Å². The van der Waals surface area contributed by atoms with Gasteiger partial charge in [0.1, 0.15) is 18.0 Å². The molecule has 9 nitrogen and oxygen atoms in total. The Morgan fingerprint density at radius 3 is 1.81 bits per heavy atom. The normalized spacial score (nSPS) is 19.4. The first-order valence-electron chi connectivity index (χ1n) is 19.1. The highest BCUT2D eigenvalue weighted by Crippen LogP contribution is 2.54. The van der Waals surface area contributed by atoms with E-state index in [1.165, 1.54) is 16.7 Å². The van der Waals surface area contributed by atoms with Crippen molar-refractivity contribution in [3.63, 3.8) is 0 Å². The number of esters is 1. The zero-order chi connectivity index (χ0) is 40.1. The van der Waals surface area contributed by atoms with Gasteiger partial charge in [0.05, 0.1) is 21.6 Å². The van der Waals surface area contributed by atoms with Crippen molar-refractivity contribution < 1.29 is 23.9 Å². The molecule has 1 aromatic heterocycles. The Balaban J connectivity index is 1.08. The van der Waals surface area contributed by atoms with Crippen molar-refractivity contribution in [2.24, 2.45) is 5.73 Å². The molecule has 10 heteroatoms. The number of nitrogens with zero attached hydrogens (tertiary/aromatic N) is 2. The van der Waals surface area contributed by atoms with E-state index in [9.17, 15) is 14.4 Å². The van der Waals surface area contributed by atoms with Crippen LogP contribution in [0.1, 0.15) is 52.1 Å². The van der Waals surface area contributed by atoms with Gasteiger partial charge in [-0.3, -0.25) is 15.1 Å². The summed E-state index contributed by atoms with van der Waals surface area (Å²) in [7, 11) is 0. The minimum atomic E-state index is -1.06. The first-order valence-corrected chi connectivity index (χ1v) is 20.0. The molecule has 0 radical (unpaired) electrons. The van der Waals surface area contributed by atoms with Crippen LogP contribution in [0.25, 0.3) is 6.08 Å². The molecule has 0 aliphatic carbocycles. The summed E-state index contributed by atoms with van der Waals surface area (Å²) in [5, 5.41) is 3.40. The van der Waals surface area contributed by atoms with Crippen molar-refractivity contribution in [3.05, 3.63) is 215 Å². The summed E-state index contributed by atoms with van der Waals surface area (Å²) in [6, 6.07) is 52.9. The highest BCUT2D eigenvalue weighted by Gasteiger charge is 2.64. The topological polar surface area (TPSA) is 124 Å². The second-order valence-electron chi connectivity index (χ2n) is 14.5. The lowest BCUT2D eigenvalue weighted by atomic mass is 9.77. The molecule has 58 heavy (non-hydrogen) atoms. The molecule has 2 aliphatic heterocycles. The molecular weight excluding hydrogens is 745 g/mol. The number of pyridine rings is 1. The molecule has 0 saturated carbocycles. The molecule has 2 saturated heterocycles. The predicted octanol–water partition coefficient (Wildman–Crippen LogP) is 8.02. The van der Waals surface area contributed by atoms with Crippen LogP contribution in [-0.2, 0) is 31.1 Å². The highest BCUT2D eigenvalue weighted by molar-refractivity contribution is 8.02. The number of hydrogen-bond donors (Lipinski definition) is 2. The van der Waals surface area contributed by atoms with E-state index < -0.39 is 39.9 Å². The smallest absolute Gasteiger partial charge is 0.404 e. The Kier molecular flexibility index (Phi) is 10.9. The van der Waals surface area contributed by atoms with Crippen LogP contribution in [0.3, 0.4) is 0 Å². The molecule has 3 N–H and O–H groups in total. The zero-order valence-electron chi connectivity index (χ0n) is 31.8. The Labute approximate surface area is 341 Å². The summed E-state index contributed by atoms with van der Waals surface area (Å²) < 4.78 is 10.5. The van der Waals surface area contributed by atoms with Crippen molar-refractivity contribution in [1.29, 1.82) is 0 Å². The number of carbonyl (C=O) groups is 3. The molecule has 0 spiro atoms. The number of ether oxygens (including phenoxy) is 2. The standard InChI is InChI=1S/C48H42N4O5S/c1-47(32-56-46(49)55)42(45(54)57-41(34-17-7-2-8-18-34)35-19-9-3-10-20-35)52-43(53)40(44(52)58-47)30-39-29-33(27-28-50-39)31-51-48(36-21-11-4-12-22-36,37-23-13-5-14-24-37)38-25-15-6-16-26-38/h2-30,41-42,44,51H,31-32H2,1H3,(H2,49,55)/b40-30-/t42-,44?,47-/m0/s1. The summed E-state index contributed by atoms with van der Waals surface area (Å²) in [4.78, 5) is 46.4. The van der Waals surface area contributed by atoms with E-state index in [0.29, 0.717) is 17.8 Å². The number of thioether (sulfide) groups is 1. The third-order valence-electron chi connectivity index (χ3n) is 10.7. The predicted molar refractivity (Wildman–Crippen MR) is 225 cm³/mol. The third kappa shape index (κ3) is 7.52. The molecule has 5 aromatic carbocycles. The van der Waals surface area contributed by atoms with Crippen molar-refractivity contribution in [1.82, 2.24) is 15.2 Å². The maximum atomic E-state index is 14.3. The minimum absolute atomic E-state index is 0.201. The van der Waals surface area contributed by atoms with Crippen LogP contribution in [-0.4, -0.2) is 50.6 Å². The maximum absolute atomic E-state index is 14.3. The number of rotatable bonds is 13. The zero-order valence-corrected chi connectivity index (χ0v) is 32.6. The number of nitrogens with one attached hydrogen (secondary N) is 1. The molecule has 3 atom stereocenters. The van der Waals surface area contributed by atoms with Gasteiger partial charge in [0.15, 0.2) is 6.10 Å². The monoisotopic (exact) mass is 786 g/mol. The lowest BCUT2D eigenvalue weighted by Crippen LogP contribution is -2.60. The van der Waals surface area contributed by atoms with Gasteiger partial charge in [-0.15, -0.1) is 11.8 Å². The van der Waals surface area contributed by atoms with Crippen LogP contribution in [0.15, 0.2) is 176 Å². The van der Waals surface area contributed by atoms with Gasteiger partial charge in [-0.05, 0) is 58.5 Å². The third-order valence-corrected chi connectivity index (χ3v) is 12.3. The number of fused-ring (bicyclic) bond motifs is 1. The van der Waals surface area contributed by atoms with Crippen LogP contribution >= 0.6 is 11.8 Å². The molecule has 6 aromatic rings. The van der Waals surface area contributed by atoms with Crippen LogP contribution < -0.4 is 11.1 Å². The van der Waals surface area contributed by atoms with Gasteiger partial charge in [-0.1, -0.05) is 152 Å². The van der Waals surface area contributed by atoms with E-state index in [2.05, 4.69) is 83.1 Å². The quantitative estimate of drug-likeness (QED) is 0.0523. The largest absolute Gasteiger partial charge is 0.451 e. The SMILES string of the molecule is C[C@@]1(COC(N)=O)SC2/C(=C\c3cc(CNC(c4ccccc4)(c4ccccc4)c4ccccc4)ccn3)C(=O)N2[C@H]1C(=O)OC(c1ccccc1)c1ccccc1. The molecule has 3 heterocycles. The van der Waals surface area contributed by atoms with Gasteiger partial charge in [-0.2, -0.15) is 0 Å². The summed E-state index contributed by atoms with van der Waals surface area (Å²) in [6.45, 7) is 2.07. The second kappa shape index (κ2) is 16.5. The van der Waals surface area contributed by atoms with Crippen molar-refractivity contribution in [2.45, 2.75) is 41.3 Å². The summed E-state index contributed by atoms with van der Waals surface area (Å²) >= 11 is 1.36. The summed E-state index contributed by atoms with van der Waals surface area (Å²) in [5.74, 6) is -0.930. The Bertz CT molecular complexity index is 2280. The highest BCUT2D eigenvalue weighted by atomic mass is 32.2. The Hall–Kier alpha value is -6.49. The average Bonchev–Trinajstić information content (AvgIpc) is 3.55. The lowest BCUT2D eigenvalue weighted by Gasteiger charge is -2.40. The van der Waals surface area contributed by atoms with Gasteiger partial charge >= 0.3 is 12.1 Å². The van der Waals surface area contributed by atoms with Crippen molar-refractivity contribution in [2.75, 3.05) is 6.61 Å². The first kappa shape index (κ1) is 38.4. The van der Waals surface area contributed by atoms with Crippen LogP contribution in [0.4, 0.5) is 4.79 Å². The number of benzene rings is 5. The van der Waals surface area contributed by atoms with E-state index in [1.807, 2.05) is 91.0 Å². The van der Waals surface area contributed by atoms with Gasteiger partial charge in [0.2, 0.25) is 0 Å². The second-order valence-corrected chi connectivity index (χ2v) is 16.1. The van der Waals surface area contributed by atoms with Crippen LogP contribution in [0.2, 0.25) is 0 Å². The Morgan fingerprint density at radius 2 is 1.31 bits per heavy atom. The molecule has 2 amide bonds. The number of primary amides is 1. The fraction of sp³-hybridized carbons (Fsp3) is 0.167. The summed E-state index contributed by atoms with van der Waals surface area (Å²) in [5.41, 5.74) is 11.6. The van der Waals surface area contributed by atoms with Gasteiger partial charge in [-0.25, -0.2) is 9.59 Å². The average molecular weight is 787 g/mol. The van der Waals surface area contributed by atoms with Crippen molar-refractivity contribution in [3.8, 4) is 0 Å². The van der Waals surface area contributed by atoms with E-state index in [4.69, 9.17) is 15.2 Å². The molecule has 2 aliphatic rings. The van der Waals surface area contributed by atoms with Gasteiger partial charge < -0.3 is 20.1 Å². The summed E-state index contributed by atoms with van der Waals surface area (Å²) in [6.07, 6.45) is 1.82. The molecule has 8 rings (SSSR count). The molecular formula is C48H42N4O5S. The fourth-order valence-electron chi connectivity index (χ4n) is 7.97. The number of hydrogen-bond acceptors (Lipinski definition) is 8. The minimum Gasteiger partial charge on any atom is -0.451 e. The number of nitrogens with two attached hydrogens (primary N) is 1. The number of β-lactam (4-membered cyclic amide) rings is 1. The fourth-order valence-corrected chi connectivity index (χ4v) is 9.57. The number of amides is 2. The van der Waals surface area contributed by atoms with Gasteiger partial charge in [0, 0.05) is 12.7 Å².